The number of nitro groups is 1. The van der Waals surface area contributed by atoms with Crippen LogP contribution in [0.3, 0.4) is 0 Å². The number of rotatable bonds is 4. The second-order valence-corrected chi connectivity index (χ2v) is 4.83. The molecule has 0 bridgehead atoms. The second kappa shape index (κ2) is 6.02. The van der Waals surface area contributed by atoms with Crippen LogP contribution in [0.2, 0.25) is 5.02 Å². The molecule has 0 aromatic heterocycles. The third-order valence-electron chi connectivity index (χ3n) is 2.99. The van der Waals surface area contributed by atoms with E-state index in [0.29, 0.717) is 17.5 Å². The molecule has 0 spiro atoms. The van der Waals surface area contributed by atoms with E-state index in [4.69, 9.17) is 16.3 Å². The van der Waals surface area contributed by atoms with Crippen molar-refractivity contribution < 1.29 is 9.66 Å². The number of hydrogen-bond acceptors (Lipinski definition) is 4. The average molecular weight is 271 g/mol. The van der Waals surface area contributed by atoms with Crippen molar-refractivity contribution in [2.24, 2.45) is 5.92 Å². The summed E-state index contributed by atoms with van der Waals surface area (Å²) in [5, 5.41) is 14.5. The largest absolute Gasteiger partial charge is 0.486 e. The summed E-state index contributed by atoms with van der Waals surface area (Å²) in [4.78, 5) is 10.4. The van der Waals surface area contributed by atoms with Gasteiger partial charge in [-0.1, -0.05) is 11.6 Å². The zero-order valence-electron chi connectivity index (χ0n) is 9.89. The van der Waals surface area contributed by atoms with Crippen molar-refractivity contribution >= 4 is 17.3 Å². The third kappa shape index (κ3) is 3.34. The highest BCUT2D eigenvalue weighted by Gasteiger charge is 2.18. The average Bonchev–Trinajstić information content (AvgIpc) is 2.38. The zero-order valence-corrected chi connectivity index (χ0v) is 10.7. The first-order valence-electron chi connectivity index (χ1n) is 5.94. The van der Waals surface area contributed by atoms with E-state index in [0.717, 1.165) is 25.9 Å². The molecule has 1 aromatic carbocycles. The Hall–Kier alpha value is -1.33. The maximum absolute atomic E-state index is 10.9. The highest BCUT2D eigenvalue weighted by Crippen LogP contribution is 2.30. The quantitative estimate of drug-likeness (QED) is 0.675. The highest BCUT2D eigenvalue weighted by atomic mass is 35.5. The molecule has 1 aliphatic heterocycles. The molecule has 6 heteroatoms. The Morgan fingerprint density at radius 1 is 1.56 bits per heavy atom. The smallest absolute Gasteiger partial charge is 0.312 e. The van der Waals surface area contributed by atoms with Crippen molar-refractivity contribution in [3.8, 4) is 5.75 Å². The fraction of sp³-hybridized carbons (Fsp3) is 0.500. The molecule has 5 nitrogen and oxygen atoms in total. The van der Waals surface area contributed by atoms with Crippen molar-refractivity contribution in [1.82, 2.24) is 5.32 Å². The Balaban J connectivity index is 2.01. The van der Waals surface area contributed by atoms with Gasteiger partial charge in [0.25, 0.3) is 0 Å². The second-order valence-electron chi connectivity index (χ2n) is 4.39. The normalized spacial score (nSPS) is 19.5. The summed E-state index contributed by atoms with van der Waals surface area (Å²) in [5.41, 5.74) is -0.0775. The summed E-state index contributed by atoms with van der Waals surface area (Å²) >= 11 is 5.74. The molecule has 1 unspecified atom stereocenters. The SMILES string of the molecule is O=[N+]([O-])c1cc(Cl)ccc1OCC1CCCNC1. The topological polar surface area (TPSA) is 64.4 Å². The Labute approximate surface area is 110 Å². The van der Waals surface area contributed by atoms with Gasteiger partial charge >= 0.3 is 5.69 Å². The number of nitro benzene ring substituents is 1. The summed E-state index contributed by atoms with van der Waals surface area (Å²) in [5.74, 6) is 0.698. The van der Waals surface area contributed by atoms with E-state index < -0.39 is 4.92 Å². The van der Waals surface area contributed by atoms with Crippen LogP contribution in [0.25, 0.3) is 0 Å². The molecule has 0 radical (unpaired) electrons. The van der Waals surface area contributed by atoms with Crippen LogP contribution in [0.15, 0.2) is 18.2 Å². The minimum absolute atomic E-state index is 0.0775. The number of hydrogen-bond donors (Lipinski definition) is 1. The minimum Gasteiger partial charge on any atom is -0.486 e. The molecule has 0 aliphatic carbocycles. The van der Waals surface area contributed by atoms with E-state index in [-0.39, 0.29) is 11.4 Å². The lowest BCUT2D eigenvalue weighted by molar-refractivity contribution is -0.385. The number of piperidine rings is 1. The van der Waals surface area contributed by atoms with Gasteiger partial charge < -0.3 is 10.1 Å². The van der Waals surface area contributed by atoms with Gasteiger partial charge in [0.2, 0.25) is 0 Å². The van der Waals surface area contributed by atoms with Crippen molar-refractivity contribution in [2.75, 3.05) is 19.7 Å². The van der Waals surface area contributed by atoms with E-state index in [1.165, 1.54) is 6.07 Å². The first-order chi connectivity index (χ1) is 8.66. The van der Waals surface area contributed by atoms with Gasteiger partial charge in [0.15, 0.2) is 5.75 Å². The standard InChI is InChI=1S/C12H15ClN2O3/c13-10-3-4-12(11(6-10)15(16)17)18-8-9-2-1-5-14-7-9/h3-4,6,9,14H,1-2,5,7-8H2. The van der Waals surface area contributed by atoms with Crippen molar-refractivity contribution in [3.05, 3.63) is 33.3 Å². The molecular weight excluding hydrogens is 256 g/mol. The summed E-state index contributed by atoms with van der Waals surface area (Å²) in [7, 11) is 0. The van der Waals surface area contributed by atoms with Crippen LogP contribution in [0.5, 0.6) is 5.75 Å². The van der Waals surface area contributed by atoms with E-state index in [1.54, 1.807) is 12.1 Å². The first-order valence-corrected chi connectivity index (χ1v) is 6.32. The zero-order chi connectivity index (χ0) is 13.0. The molecule has 1 N–H and O–H groups in total. The summed E-state index contributed by atoms with van der Waals surface area (Å²) in [6.07, 6.45) is 2.21. The Kier molecular flexibility index (Phi) is 4.38. The van der Waals surface area contributed by atoms with Crippen molar-refractivity contribution in [3.63, 3.8) is 0 Å². The molecule has 2 rings (SSSR count). The van der Waals surface area contributed by atoms with Gasteiger partial charge in [0.1, 0.15) is 0 Å². The molecule has 1 fully saturated rings. The summed E-state index contributed by atoms with van der Waals surface area (Å²) in [6, 6.07) is 4.47. The molecular formula is C12H15ClN2O3. The maximum atomic E-state index is 10.9. The van der Waals surface area contributed by atoms with Crippen molar-refractivity contribution in [2.45, 2.75) is 12.8 Å². The van der Waals surface area contributed by atoms with Crippen LogP contribution in [-0.4, -0.2) is 24.6 Å². The van der Waals surface area contributed by atoms with Gasteiger partial charge in [0.05, 0.1) is 11.5 Å². The van der Waals surface area contributed by atoms with E-state index in [2.05, 4.69) is 5.32 Å². The number of nitrogens with zero attached hydrogens (tertiary/aromatic N) is 1. The fourth-order valence-electron chi connectivity index (χ4n) is 2.03. The third-order valence-corrected chi connectivity index (χ3v) is 3.23. The number of ether oxygens (including phenoxy) is 1. The molecule has 18 heavy (non-hydrogen) atoms. The number of nitrogens with one attached hydrogen (secondary N) is 1. The maximum Gasteiger partial charge on any atom is 0.312 e. The molecule has 0 saturated carbocycles. The molecule has 98 valence electrons. The van der Waals surface area contributed by atoms with E-state index in [9.17, 15) is 10.1 Å². The Morgan fingerprint density at radius 2 is 2.39 bits per heavy atom. The molecule has 1 saturated heterocycles. The van der Waals surface area contributed by atoms with Gasteiger partial charge in [-0.3, -0.25) is 10.1 Å². The van der Waals surface area contributed by atoms with E-state index >= 15 is 0 Å². The van der Waals surface area contributed by atoms with Gasteiger partial charge in [-0.25, -0.2) is 0 Å². The van der Waals surface area contributed by atoms with Crippen molar-refractivity contribution in [1.29, 1.82) is 0 Å². The highest BCUT2D eigenvalue weighted by molar-refractivity contribution is 6.30. The molecule has 1 aromatic rings. The van der Waals surface area contributed by atoms with Gasteiger partial charge in [-0.2, -0.15) is 0 Å². The lowest BCUT2D eigenvalue weighted by Crippen LogP contribution is -2.33. The molecule has 1 heterocycles. The van der Waals surface area contributed by atoms with Crippen LogP contribution >= 0.6 is 11.6 Å². The predicted octanol–water partition coefficient (Wildman–Crippen LogP) is 2.63. The first kappa shape index (κ1) is 13.1. The summed E-state index contributed by atoms with van der Waals surface area (Å²) in [6.45, 7) is 2.44. The lowest BCUT2D eigenvalue weighted by Gasteiger charge is -2.22. The van der Waals surface area contributed by atoms with E-state index in [1.807, 2.05) is 0 Å². The van der Waals surface area contributed by atoms with Gasteiger partial charge in [-0.05, 0) is 31.5 Å². The van der Waals surface area contributed by atoms with Gasteiger partial charge in [-0.15, -0.1) is 0 Å². The Bertz CT molecular complexity index is 433. The molecule has 0 amide bonds. The number of benzene rings is 1. The minimum atomic E-state index is -0.472. The van der Waals surface area contributed by atoms with Crippen LogP contribution in [-0.2, 0) is 0 Å². The van der Waals surface area contributed by atoms with Crippen LogP contribution in [0.1, 0.15) is 12.8 Å². The summed E-state index contributed by atoms with van der Waals surface area (Å²) < 4.78 is 5.55. The van der Waals surface area contributed by atoms with Crippen LogP contribution in [0, 0.1) is 16.0 Å². The monoisotopic (exact) mass is 270 g/mol. The lowest BCUT2D eigenvalue weighted by atomic mass is 10.0. The van der Waals surface area contributed by atoms with Crippen LogP contribution in [0.4, 0.5) is 5.69 Å². The fourth-order valence-corrected chi connectivity index (χ4v) is 2.20. The number of halogens is 1. The predicted molar refractivity (Wildman–Crippen MR) is 69.2 cm³/mol. The molecule has 1 aliphatic rings. The van der Waals surface area contributed by atoms with Crippen LogP contribution < -0.4 is 10.1 Å². The van der Waals surface area contributed by atoms with Gasteiger partial charge in [0, 0.05) is 23.6 Å². The Morgan fingerprint density at radius 3 is 3.06 bits per heavy atom. The molecule has 1 atom stereocenters.